The summed E-state index contributed by atoms with van der Waals surface area (Å²) in [5.74, 6) is 0. The van der Waals surface area contributed by atoms with Crippen LogP contribution in [-0.4, -0.2) is 13.1 Å². The molecule has 0 radical (unpaired) electrons. The average Bonchev–Trinajstić information content (AvgIpc) is 2.85. The van der Waals surface area contributed by atoms with Gasteiger partial charge >= 0.3 is 6.03 Å². The van der Waals surface area contributed by atoms with E-state index in [1.165, 1.54) is 5.56 Å². The van der Waals surface area contributed by atoms with Crippen molar-refractivity contribution in [2.45, 2.75) is 13.1 Å². The molecule has 0 fully saturated rings. The lowest BCUT2D eigenvalue weighted by molar-refractivity contribution is 0.258. The molecule has 1 N–H and O–H groups in total. The third-order valence-electron chi connectivity index (χ3n) is 5.38. The van der Waals surface area contributed by atoms with Gasteiger partial charge in [-0.15, -0.1) is 0 Å². The van der Waals surface area contributed by atoms with Gasteiger partial charge in [-0.3, -0.25) is 4.90 Å². The van der Waals surface area contributed by atoms with E-state index in [0.29, 0.717) is 6.54 Å². The van der Waals surface area contributed by atoms with Crippen LogP contribution in [0.25, 0.3) is 0 Å². The van der Waals surface area contributed by atoms with Crippen molar-refractivity contribution in [3.05, 3.63) is 126 Å². The molecule has 0 atom stereocenters. The minimum Gasteiger partial charge on any atom is -0.363 e. The van der Waals surface area contributed by atoms with Gasteiger partial charge in [-0.05, 0) is 41.5 Å². The van der Waals surface area contributed by atoms with Gasteiger partial charge in [0.25, 0.3) is 0 Å². The second kappa shape index (κ2) is 10.3. The number of urea groups is 1. The Morgan fingerprint density at radius 3 is 1.94 bits per heavy atom. The Morgan fingerprint density at radius 1 is 0.688 bits per heavy atom. The lowest BCUT2D eigenvalue weighted by Gasteiger charge is -2.28. The highest BCUT2D eigenvalue weighted by molar-refractivity contribution is 6.01. The van der Waals surface area contributed by atoms with Crippen LogP contribution >= 0.6 is 0 Å². The molecular weight excluding hydrogens is 394 g/mol. The van der Waals surface area contributed by atoms with E-state index in [9.17, 15) is 4.79 Å². The van der Waals surface area contributed by atoms with Gasteiger partial charge < -0.3 is 10.2 Å². The van der Waals surface area contributed by atoms with Crippen molar-refractivity contribution in [1.82, 2.24) is 0 Å². The zero-order valence-corrected chi connectivity index (χ0v) is 18.2. The first-order valence-corrected chi connectivity index (χ1v) is 10.7. The highest BCUT2D eigenvalue weighted by Crippen LogP contribution is 2.26. The molecule has 4 aromatic carbocycles. The summed E-state index contributed by atoms with van der Waals surface area (Å²) in [4.78, 5) is 16.9. The summed E-state index contributed by atoms with van der Waals surface area (Å²) in [5.41, 5.74) is 5.12. The third-order valence-corrected chi connectivity index (χ3v) is 5.38. The first kappa shape index (κ1) is 21.2. The first-order chi connectivity index (χ1) is 15.7. The molecule has 4 nitrogen and oxygen atoms in total. The molecule has 0 aliphatic carbocycles. The standard InChI is InChI=1S/C28H27N3O/c1-30(28(32)29-25-16-7-3-8-17-25)27-20-12-11-15-24(27)22-31(26-18-9-4-10-19-26)21-23-13-5-2-6-14-23/h2-20H,21-22H2,1H3,(H,29,32). The van der Waals surface area contributed by atoms with Gasteiger partial charge in [0, 0.05) is 31.5 Å². The second-order valence-electron chi connectivity index (χ2n) is 7.66. The van der Waals surface area contributed by atoms with Gasteiger partial charge in [-0.2, -0.15) is 0 Å². The molecule has 0 unspecified atom stereocenters. The second-order valence-corrected chi connectivity index (χ2v) is 7.66. The monoisotopic (exact) mass is 421 g/mol. The molecule has 0 bridgehead atoms. The van der Waals surface area contributed by atoms with E-state index in [1.807, 2.05) is 60.7 Å². The Bertz CT molecular complexity index is 1130. The summed E-state index contributed by atoms with van der Waals surface area (Å²) in [6.45, 7) is 1.46. The molecule has 0 aromatic heterocycles. The largest absolute Gasteiger partial charge is 0.363 e. The Labute approximate surface area is 189 Å². The predicted molar refractivity (Wildman–Crippen MR) is 133 cm³/mol. The molecular formula is C28H27N3O. The number of amides is 2. The third kappa shape index (κ3) is 5.35. The number of para-hydroxylation sites is 3. The Morgan fingerprint density at radius 2 is 1.25 bits per heavy atom. The van der Waals surface area contributed by atoms with E-state index in [4.69, 9.17) is 0 Å². The van der Waals surface area contributed by atoms with Crippen molar-refractivity contribution >= 4 is 23.1 Å². The topological polar surface area (TPSA) is 35.6 Å². The highest BCUT2D eigenvalue weighted by atomic mass is 16.2. The van der Waals surface area contributed by atoms with Gasteiger partial charge in [-0.1, -0.05) is 84.9 Å². The molecule has 0 heterocycles. The SMILES string of the molecule is CN(C(=O)Nc1ccccc1)c1ccccc1CN(Cc1ccccc1)c1ccccc1. The van der Waals surface area contributed by atoms with Gasteiger partial charge in [0.05, 0.1) is 5.69 Å². The maximum atomic E-state index is 12.9. The first-order valence-electron chi connectivity index (χ1n) is 10.7. The van der Waals surface area contributed by atoms with Gasteiger partial charge in [0.15, 0.2) is 0 Å². The number of anilines is 3. The minimum atomic E-state index is -0.169. The molecule has 0 aliphatic heterocycles. The number of carbonyl (C=O) groups is 1. The average molecular weight is 422 g/mol. The number of nitrogens with one attached hydrogen (secondary N) is 1. The number of rotatable bonds is 7. The number of benzene rings is 4. The predicted octanol–water partition coefficient (Wildman–Crippen LogP) is 6.56. The quantitative estimate of drug-likeness (QED) is 0.367. The van der Waals surface area contributed by atoms with Crippen LogP contribution in [0.2, 0.25) is 0 Å². The van der Waals surface area contributed by atoms with E-state index < -0.39 is 0 Å². The zero-order valence-electron chi connectivity index (χ0n) is 18.2. The van der Waals surface area contributed by atoms with Crippen molar-refractivity contribution in [3.63, 3.8) is 0 Å². The summed E-state index contributed by atoms with van der Waals surface area (Å²) in [6, 6.07) is 38.2. The van der Waals surface area contributed by atoms with Crippen LogP contribution in [-0.2, 0) is 13.1 Å². The number of hydrogen-bond donors (Lipinski definition) is 1. The van der Waals surface area contributed by atoms with Crippen LogP contribution < -0.4 is 15.1 Å². The fourth-order valence-corrected chi connectivity index (χ4v) is 3.70. The fourth-order valence-electron chi connectivity index (χ4n) is 3.70. The normalized spacial score (nSPS) is 10.4. The molecule has 2 amide bonds. The van der Waals surface area contributed by atoms with Crippen molar-refractivity contribution < 1.29 is 4.79 Å². The van der Waals surface area contributed by atoms with Gasteiger partial charge in [-0.25, -0.2) is 4.79 Å². The summed E-state index contributed by atoms with van der Waals surface area (Å²) in [7, 11) is 1.81. The van der Waals surface area contributed by atoms with Crippen molar-refractivity contribution in [2.24, 2.45) is 0 Å². The molecule has 32 heavy (non-hydrogen) atoms. The molecule has 160 valence electrons. The molecule has 0 saturated carbocycles. The minimum absolute atomic E-state index is 0.169. The highest BCUT2D eigenvalue weighted by Gasteiger charge is 2.17. The molecule has 4 heteroatoms. The Balaban J connectivity index is 1.58. The molecule has 4 aromatic rings. The number of hydrogen-bond acceptors (Lipinski definition) is 2. The molecule has 4 rings (SSSR count). The summed E-state index contributed by atoms with van der Waals surface area (Å²) in [6.07, 6.45) is 0. The number of nitrogens with zero attached hydrogens (tertiary/aromatic N) is 2. The summed E-state index contributed by atoms with van der Waals surface area (Å²) >= 11 is 0. The van der Waals surface area contributed by atoms with E-state index in [0.717, 1.165) is 29.2 Å². The lowest BCUT2D eigenvalue weighted by atomic mass is 10.1. The van der Waals surface area contributed by atoms with E-state index in [-0.39, 0.29) is 6.03 Å². The van der Waals surface area contributed by atoms with Crippen molar-refractivity contribution in [3.8, 4) is 0 Å². The zero-order chi connectivity index (χ0) is 22.2. The Hall–Kier alpha value is -4.05. The fraction of sp³-hybridized carbons (Fsp3) is 0.107. The van der Waals surface area contributed by atoms with E-state index in [1.54, 1.807) is 11.9 Å². The van der Waals surface area contributed by atoms with Crippen LogP contribution in [0.15, 0.2) is 115 Å². The van der Waals surface area contributed by atoms with E-state index >= 15 is 0 Å². The van der Waals surface area contributed by atoms with Crippen LogP contribution in [0, 0.1) is 0 Å². The summed E-state index contributed by atoms with van der Waals surface area (Å²) < 4.78 is 0. The van der Waals surface area contributed by atoms with E-state index in [2.05, 4.69) is 64.8 Å². The number of carbonyl (C=O) groups excluding carboxylic acids is 1. The maximum Gasteiger partial charge on any atom is 0.326 e. The van der Waals surface area contributed by atoms with Crippen LogP contribution in [0.1, 0.15) is 11.1 Å². The smallest absolute Gasteiger partial charge is 0.326 e. The van der Waals surface area contributed by atoms with Gasteiger partial charge in [0.1, 0.15) is 0 Å². The van der Waals surface area contributed by atoms with Crippen LogP contribution in [0.3, 0.4) is 0 Å². The van der Waals surface area contributed by atoms with Crippen LogP contribution in [0.5, 0.6) is 0 Å². The Kier molecular flexibility index (Phi) is 6.83. The van der Waals surface area contributed by atoms with Gasteiger partial charge in [0.2, 0.25) is 0 Å². The maximum absolute atomic E-state index is 12.9. The van der Waals surface area contributed by atoms with Crippen LogP contribution in [0.4, 0.5) is 21.9 Å². The molecule has 0 saturated heterocycles. The summed E-state index contributed by atoms with van der Waals surface area (Å²) in [5, 5.41) is 2.97. The van der Waals surface area contributed by atoms with Crippen molar-refractivity contribution in [1.29, 1.82) is 0 Å². The van der Waals surface area contributed by atoms with Crippen molar-refractivity contribution in [2.75, 3.05) is 22.2 Å². The lowest BCUT2D eigenvalue weighted by Crippen LogP contribution is -2.32. The molecule has 0 spiro atoms. The molecule has 0 aliphatic rings.